The third kappa shape index (κ3) is 3.63. The zero-order valence-corrected chi connectivity index (χ0v) is 13.7. The molecule has 120 valence electrons. The molecule has 1 atom stereocenters. The van der Waals surface area contributed by atoms with Gasteiger partial charge in [0.1, 0.15) is 0 Å². The van der Waals surface area contributed by atoms with Gasteiger partial charge in [0.2, 0.25) is 5.91 Å². The fraction of sp³-hybridized carbons (Fsp3) is 0.632. The van der Waals surface area contributed by atoms with Crippen molar-refractivity contribution in [2.75, 3.05) is 18.0 Å². The Kier molecular flexibility index (Phi) is 5.01. The Morgan fingerprint density at radius 2 is 1.68 bits per heavy atom. The van der Waals surface area contributed by atoms with Crippen molar-refractivity contribution in [3.05, 3.63) is 29.8 Å². The molecule has 1 aliphatic heterocycles. The second kappa shape index (κ2) is 7.17. The van der Waals surface area contributed by atoms with Gasteiger partial charge in [0, 0.05) is 24.7 Å². The van der Waals surface area contributed by atoms with Crippen LogP contribution < -0.4 is 10.2 Å². The number of amides is 1. The third-order valence-corrected chi connectivity index (χ3v) is 5.20. The van der Waals surface area contributed by atoms with Gasteiger partial charge in [-0.05, 0) is 56.7 Å². The van der Waals surface area contributed by atoms with Crippen LogP contribution in [0.5, 0.6) is 0 Å². The first-order chi connectivity index (χ1) is 10.7. The van der Waals surface area contributed by atoms with Crippen molar-refractivity contribution in [1.29, 1.82) is 0 Å². The Hall–Kier alpha value is -1.51. The van der Waals surface area contributed by atoms with E-state index in [2.05, 4.69) is 41.4 Å². The Morgan fingerprint density at radius 3 is 2.32 bits per heavy atom. The number of anilines is 1. The molecule has 0 bridgehead atoms. The van der Waals surface area contributed by atoms with Crippen LogP contribution in [0.15, 0.2) is 24.3 Å². The molecule has 22 heavy (non-hydrogen) atoms. The molecule has 1 unspecified atom stereocenters. The van der Waals surface area contributed by atoms with Crippen molar-refractivity contribution in [2.45, 2.75) is 57.9 Å². The van der Waals surface area contributed by atoms with Crippen molar-refractivity contribution in [3.63, 3.8) is 0 Å². The summed E-state index contributed by atoms with van der Waals surface area (Å²) in [5.74, 6) is 0.486. The lowest BCUT2D eigenvalue weighted by Gasteiger charge is -2.29. The van der Waals surface area contributed by atoms with Gasteiger partial charge in [-0.2, -0.15) is 0 Å². The van der Waals surface area contributed by atoms with Crippen molar-refractivity contribution < 1.29 is 4.79 Å². The summed E-state index contributed by atoms with van der Waals surface area (Å²) in [6, 6.07) is 8.86. The second-order valence-electron chi connectivity index (χ2n) is 6.85. The fourth-order valence-electron chi connectivity index (χ4n) is 3.73. The van der Waals surface area contributed by atoms with E-state index in [9.17, 15) is 4.79 Å². The fourth-order valence-corrected chi connectivity index (χ4v) is 3.73. The Morgan fingerprint density at radius 1 is 1.05 bits per heavy atom. The molecular weight excluding hydrogens is 272 g/mol. The van der Waals surface area contributed by atoms with Crippen LogP contribution in [-0.2, 0) is 4.79 Å². The predicted molar refractivity (Wildman–Crippen MR) is 91.0 cm³/mol. The number of hydrogen-bond acceptors (Lipinski definition) is 2. The molecule has 1 saturated carbocycles. The zero-order chi connectivity index (χ0) is 15.4. The molecule has 2 aliphatic rings. The summed E-state index contributed by atoms with van der Waals surface area (Å²) in [6.07, 6.45) is 8.50. The van der Waals surface area contributed by atoms with E-state index in [-0.39, 0.29) is 17.9 Å². The highest BCUT2D eigenvalue weighted by atomic mass is 16.1. The molecule has 3 rings (SSSR count). The number of nitrogens with one attached hydrogen (secondary N) is 1. The first kappa shape index (κ1) is 15.4. The lowest BCUT2D eigenvalue weighted by molar-refractivity contribution is -0.125. The summed E-state index contributed by atoms with van der Waals surface area (Å²) >= 11 is 0. The molecule has 0 radical (unpaired) electrons. The Bertz CT molecular complexity index is 485. The first-order valence-electron chi connectivity index (χ1n) is 8.89. The quantitative estimate of drug-likeness (QED) is 0.910. The van der Waals surface area contributed by atoms with E-state index in [0.29, 0.717) is 0 Å². The van der Waals surface area contributed by atoms with E-state index in [1.165, 1.54) is 56.4 Å². The van der Waals surface area contributed by atoms with Crippen LogP contribution in [0.25, 0.3) is 0 Å². The van der Waals surface area contributed by atoms with Gasteiger partial charge in [-0.1, -0.05) is 25.0 Å². The van der Waals surface area contributed by atoms with Crippen LogP contribution >= 0.6 is 0 Å². The maximum atomic E-state index is 12.2. The SMILES string of the molecule is CC(NC(=O)C1CCCC1)c1ccc(N2CCCCC2)cc1. The van der Waals surface area contributed by atoms with Crippen LogP contribution in [-0.4, -0.2) is 19.0 Å². The van der Waals surface area contributed by atoms with Crippen LogP contribution in [0, 0.1) is 5.92 Å². The maximum Gasteiger partial charge on any atom is 0.223 e. The Balaban J connectivity index is 1.58. The zero-order valence-electron chi connectivity index (χ0n) is 13.7. The van der Waals surface area contributed by atoms with Crippen LogP contribution in [0.3, 0.4) is 0 Å². The molecule has 1 aromatic carbocycles. The average molecular weight is 300 g/mol. The molecular formula is C19H28N2O. The van der Waals surface area contributed by atoms with E-state index < -0.39 is 0 Å². The van der Waals surface area contributed by atoms with Gasteiger partial charge in [-0.3, -0.25) is 4.79 Å². The smallest absolute Gasteiger partial charge is 0.223 e. The first-order valence-corrected chi connectivity index (χ1v) is 8.89. The summed E-state index contributed by atoms with van der Waals surface area (Å²) in [5, 5.41) is 3.18. The highest BCUT2D eigenvalue weighted by molar-refractivity contribution is 5.79. The Labute approximate surface area is 134 Å². The number of carbonyl (C=O) groups is 1. The van der Waals surface area contributed by atoms with Crippen molar-refractivity contribution in [1.82, 2.24) is 5.32 Å². The highest BCUT2D eigenvalue weighted by Crippen LogP contribution is 2.26. The molecule has 1 N–H and O–H groups in total. The molecule has 1 heterocycles. The molecule has 0 aromatic heterocycles. The van der Waals surface area contributed by atoms with E-state index in [4.69, 9.17) is 0 Å². The minimum Gasteiger partial charge on any atom is -0.372 e. The summed E-state index contributed by atoms with van der Waals surface area (Å²) < 4.78 is 0. The van der Waals surface area contributed by atoms with E-state index in [1.807, 2.05) is 0 Å². The van der Waals surface area contributed by atoms with Gasteiger partial charge < -0.3 is 10.2 Å². The number of benzene rings is 1. The number of piperidine rings is 1. The van der Waals surface area contributed by atoms with E-state index >= 15 is 0 Å². The van der Waals surface area contributed by atoms with E-state index in [1.54, 1.807) is 0 Å². The number of rotatable bonds is 4. The van der Waals surface area contributed by atoms with Gasteiger partial charge in [-0.15, -0.1) is 0 Å². The molecule has 1 aromatic rings. The second-order valence-corrected chi connectivity index (χ2v) is 6.85. The van der Waals surface area contributed by atoms with Gasteiger partial charge in [0.25, 0.3) is 0 Å². The molecule has 3 nitrogen and oxygen atoms in total. The standard InChI is InChI=1S/C19H28N2O/c1-15(20-19(22)17-7-3-4-8-17)16-9-11-18(12-10-16)21-13-5-2-6-14-21/h9-12,15,17H,2-8,13-14H2,1H3,(H,20,22). The number of hydrogen-bond donors (Lipinski definition) is 1. The molecule has 1 aliphatic carbocycles. The number of nitrogens with zero attached hydrogens (tertiary/aromatic N) is 1. The van der Waals surface area contributed by atoms with Crippen molar-refractivity contribution in [3.8, 4) is 0 Å². The number of carbonyl (C=O) groups excluding carboxylic acids is 1. The van der Waals surface area contributed by atoms with Crippen molar-refractivity contribution in [2.24, 2.45) is 5.92 Å². The van der Waals surface area contributed by atoms with Crippen molar-refractivity contribution >= 4 is 11.6 Å². The molecule has 1 saturated heterocycles. The molecule has 3 heteroatoms. The minimum absolute atomic E-state index is 0.100. The van der Waals surface area contributed by atoms with Gasteiger partial charge >= 0.3 is 0 Å². The van der Waals surface area contributed by atoms with Gasteiger partial charge in [0.05, 0.1) is 6.04 Å². The highest BCUT2D eigenvalue weighted by Gasteiger charge is 2.23. The average Bonchev–Trinajstić information content (AvgIpc) is 3.10. The summed E-state index contributed by atoms with van der Waals surface area (Å²) in [6.45, 7) is 4.43. The minimum atomic E-state index is 0.100. The third-order valence-electron chi connectivity index (χ3n) is 5.20. The normalized spacial score (nSPS) is 20.9. The van der Waals surface area contributed by atoms with Crippen LogP contribution in [0.1, 0.15) is 63.5 Å². The van der Waals surface area contributed by atoms with Gasteiger partial charge in [-0.25, -0.2) is 0 Å². The lowest BCUT2D eigenvalue weighted by Crippen LogP contribution is -2.32. The summed E-state index contributed by atoms with van der Waals surface area (Å²) in [4.78, 5) is 14.7. The predicted octanol–water partition coefficient (Wildman–Crippen LogP) is 4.04. The molecule has 2 fully saturated rings. The largest absolute Gasteiger partial charge is 0.372 e. The van der Waals surface area contributed by atoms with Crippen LogP contribution in [0.2, 0.25) is 0 Å². The maximum absolute atomic E-state index is 12.2. The van der Waals surface area contributed by atoms with Crippen LogP contribution in [0.4, 0.5) is 5.69 Å². The summed E-state index contributed by atoms with van der Waals surface area (Å²) in [7, 11) is 0. The van der Waals surface area contributed by atoms with Gasteiger partial charge in [0.15, 0.2) is 0 Å². The van der Waals surface area contributed by atoms with E-state index in [0.717, 1.165) is 12.8 Å². The monoisotopic (exact) mass is 300 g/mol. The topological polar surface area (TPSA) is 32.3 Å². The summed E-state index contributed by atoms with van der Waals surface area (Å²) in [5.41, 5.74) is 2.52. The molecule has 0 spiro atoms. The lowest BCUT2D eigenvalue weighted by atomic mass is 10.0. The molecule has 1 amide bonds.